The van der Waals surface area contributed by atoms with Crippen molar-refractivity contribution >= 4 is 17.3 Å². The molecule has 1 fully saturated rings. The minimum Gasteiger partial charge on any atom is -0.360 e. The van der Waals surface area contributed by atoms with Crippen molar-refractivity contribution in [3.63, 3.8) is 0 Å². The first-order chi connectivity index (χ1) is 12.8. The number of rotatable bonds is 3. The number of likely N-dealkylation sites (N-methyl/N-ethyl adjacent to an activating group) is 1. The van der Waals surface area contributed by atoms with Gasteiger partial charge in [0.05, 0.1) is 23.6 Å². The molecule has 1 aliphatic rings. The second-order valence-electron chi connectivity index (χ2n) is 8.42. The van der Waals surface area contributed by atoms with Gasteiger partial charge in [0, 0.05) is 31.2 Å². The lowest BCUT2D eigenvalue weighted by Crippen LogP contribution is -2.47. The standard InChI is InChI=1S/C22H30N4O/c1-16-8-6-7-9-17(16)20-15-25(5)12-13-26(20)19-10-11-23-14-18(19)24-21(27)22(2,3)4/h6-11,14,20H,12-13,15H2,1-5H3,(H,24,27). The van der Waals surface area contributed by atoms with Crippen molar-refractivity contribution in [2.75, 3.05) is 36.9 Å². The number of carbonyl (C=O) groups excluding carboxylic acids is 1. The van der Waals surface area contributed by atoms with Crippen LogP contribution in [0.25, 0.3) is 0 Å². The third-order valence-electron chi connectivity index (χ3n) is 5.17. The van der Waals surface area contributed by atoms with Gasteiger partial charge in [-0.3, -0.25) is 9.78 Å². The van der Waals surface area contributed by atoms with Crippen molar-refractivity contribution in [2.24, 2.45) is 5.41 Å². The number of pyridine rings is 1. The van der Waals surface area contributed by atoms with Crippen LogP contribution in [0.5, 0.6) is 0 Å². The van der Waals surface area contributed by atoms with Crippen LogP contribution in [0.15, 0.2) is 42.7 Å². The molecule has 5 nitrogen and oxygen atoms in total. The molecule has 0 aliphatic carbocycles. The second-order valence-corrected chi connectivity index (χ2v) is 8.42. The van der Waals surface area contributed by atoms with Crippen LogP contribution in [0.3, 0.4) is 0 Å². The van der Waals surface area contributed by atoms with Gasteiger partial charge in [-0.1, -0.05) is 45.0 Å². The number of carbonyl (C=O) groups is 1. The molecule has 1 unspecified atom stereocenters. The van der Waals surface area contributed by atoms with Crippen molar-refractivity contribution in [3.05, 3.63) is 53.9 Å². The van der Waals surface area contributed by atoms with E-state index in [4.69, 9.17) is 0 Å². The Morgan fingerprint density at radius 1 is 1.19 bits per heavy atom. The summed E-state index contributed by atoms with van der Waals surface area (Å²) in [6.07, 6.45) is 3.56. The summed E-state index contributed by atoms with van der Waals surface area (Å²) in [5.74, 6) is -0.00156. The maximum atomic E-state index is 12.6. The zero-order valence-electron chi connectivity index (χ0n) is 17.0. The Morgan fingerprint density at radius 2 is 1.93 bits per heavy atom. The first-order valence-corrected chi connectivity index (χ1v) is 9.53. The second kappa shape index (κ2) is 7.69. The molecule has 2 aromatic rings. The molecule has 1 aromatic heterocycles. The van der Waals surface area contributed by atoms with Crippen molar-refractivity contribution in [2.45, 2.75) is 33.7 Å². The van der Waals surface area contributed by atoms with E-state index in [2.05, 4.69) is 58.3 Å². The monoisotopic (exact) mass is 366 g/mol. The minimum atomic E-state index is -0.454. The molecule has 1 atom stereocenters. The van der Waals surface area contributed by atoms with Crippen LogP contribution in [0.2, 0.25) is 0 Å². The van der Waals surface area contributed by atoms with Gasteiger partial charge in [0.15, 0.2) is 0 Å². The van der Waals surface area contributed by atoms with Gasteiger partial charge in [0.25, 0.3) is 0 Å². The maximum absolute atomic E-state index is 12.6. The summed E-state index contributed by atoms with van der Waals surface area (Å²) in [6.45, 7) is 10.8. The van der Waals surface area contributed by atoms with Crippen molar-refractivity contribution in [1.82, 2.24) is 9.88 Å². The quantitative estimate of drug-likeness (QED) is 0.896. The molecule has 1 aromatic carbocycles. The number of hydrogen-bond donors (Lipinski definition) is 1. The zero-order valence-corrected chi connectivity index (χ0v) is 17.0. The summed E-state index contributed by atoms with van der Waals surface area (Å²) in [5.41, 5.74) is 3.97. The predicted octanol–water partition coefficient (Wildman–Crippen LogP) is 3.87. The van der Waals surface area contributed by atoms with Crippen molar-refractivity contribution in [3.8, 4) is 0 Å². The number of benzene rings is 1. The molecule has 0 spiro atoms. The lowest BCUT2D eigenvalue weighted by atomic mass is 9.95. The van der Waals surface area contributed by atoms with Gasteiger partial charge in [-0.15, -0.1) is 0 Å². The zero-order chi connectivity index (χ0) is 19.6. The highest BCUT2D eigenvalue weighted by molar-refractivity contribution is 5.97. The molecular weight excluding hydrogens is 336 g/mol. The number of anilines is 2. The fraction of sp³-hybridized carbons (Fsp3) is 0.455. The number of piperazine rings is 1. The number of nitrogens with zero attached hydrogens (tertiary/aromatic N) is 3. The molecule has 2 heterocycles. The van der Waals surface area contributed by atoms with Crippen molar-refractivity contribution in [1.29, 1.82) is 0 Å². The molecule has 0 radical (unpaired) electrons. The Kier molecular flexibility index (Phi) is 5.51. The SMILES string of the molecule is Cc1ccccc1C1CN(C)CCN1c1ccncc1NC(=O)C(C)(C)C. The average Bonchev–Trinajstić information content (AvgIpc) is 2.62. The van der Waals surface area contributed by atoms with E-state index in [-0.39, 0.29) is 11.9 Å². The summed E-state index contributed by atoms with van der Waals surface area (Å²) in [5, 5.41) is 3.09. The van der Waals surface area contributed by atoms with E-state index in [9.17, 15) is 4.79 Å². The predicted molar refractivity (Wildman–Crippen MR) is 111 cm³/mol. The smallest absolute Gasteiger partial charge is 0.229 e. The van der Waals surface area contributed by atoms with Gasteiger partial charge < -0.3 is 15.1 Å². The lowest BCUT2D eigenvalue weighted by Gasteiger charge is -2.43. The Hall–Kier alpha value is -2.40. The molecule has 27 heavy (non-hydrogen) atoms. The Bertz CT molecular complexity index is 812. The maximum Gasteiger partial charge on any atom is 0.229 e. The molecule has 0 bridgehead atoms. The van der Waals surface area contributed by atoms with E-state index < -0.39 is 5.41 Å². The largest absolute Gasteiger partial charge is 0.360 e. The van der Waals surface area contributed by atoms with E-state index in [1.165, 1.54) is 11.1 Å². The summed E-state index contributed by atoms with van der Waals surface area (Å²) in [4.78, 5) is 21.6. The van der Waals surface area contributed by atoms with Crippen LogP contribution >= 0.6 is 0 Å². The van der Waals surface area contributed by atoms with Crippen LogP contribution in [0.1, 0.15) is 37.9 Å². The number of aromatic nitrogens is 1. The molecule has 1 saturated heterocycles. The Labute approximate surface area is 162 Å². The van der Waals surface area contributed by atoms with E-state index in [0.717, 1.165) is 31.0 Å². The van der Waals surface area contributed by atoms with E-state index >= 15 is 0 Å². The molecule has 144 valence electrons. The molecule has 1 amide bonds. The normalized spacial score (nSPS) is 18.4. The van der Waals surface area contributed by atoms with Gasteiger partial charge in [-0.25, -0.2) is 0 Å². The van der Waals surface area contributed by atoms with E-state index in [0.29, 0.717) is 0 Å². The van der Waals surface area contributed by atoms with Crippen LogP contribution in [0, 0.1) is 12.3 Å². The third kappa shape index (κ3) is 4.30. The average molecular weight is 367 g/mol. The Morgan fingerprint density at radius 3 is 2.63 bits per heavy atom. The molecule has 1 N–H and O–H groups in total. The fourth-order valence-corrected chi connectivity index (χ4v) is 3.48. The number of amides is 1. The van der Waals surface area contributed by atoms with Gasteiger partial charge >= 0.3 is 0 Å². The number of hydrogen-bond acceptors (Lipinski definition) is 4. The lowest BCUT2D eigenvalue weighted by molar-refractivity contribution is -0.123. The van der Waals surface area contributed by atoms with Gasteiger partial charge in [-0.05, 0) is 31.2 Å². The van der Waals surface area contributed by atoms with Crippen LogP contribution in [-0.2, 0) is 4.79 Å². The van der Waals surface area contributed by atoms with E-state index in [1.807, 2.05) is 26.8 Å². The van der Waals surface area contributed by atoms with Crippen molar-refractivity contribution < 1.29 is 4.79 Å². The highest BCUT2D eigenvalue weighted by Gasteiger charge is 2.30. The summed E-state index contributed by atoms with van der Waals surface area (Å²) >= 11 is 0. The van der Waals surface area contributed by atoms with Crippen LogP contribution in [-0.4, -0.2) is 42.5 Å². The summed E-state index contributed by atoms with van der Waals surface area (Å²) in [6, 6.07) is 10.8. The van der Waals surface area contributed by atoms with E-state index in [1.54, 1.807) is 12.4 Å². The summed E-state index contributed by atoms with van der Waals surface area (Å²) < 4.78 is 0. The number of nitrogens with one attached hydrogen (secondary N) is 1. The molecule has 5 heteroatoms. The summed E-state index contributed by atoms with van der Waals surface area (Å²) in [7, 11) is 2.16. The molecular formula is C22H30N4O. The molecule has 1 aliphatic heterocycles. The fourth-order valence-electron chi connectivity index (χ4n) is 3.48. The first-order valence-electron chi connectivity index (χ1n) is 9.53. The molecule has 3 rings (SSSR count). The van der Waals surface area contributed by atoms with Crippen LogP contribution < -0.4 is 10.2 Å². The third-order valence-corrected chi connectivity index (χ3v) is 5.17. The number of aryl methyl sites for hydroxylation is 1. The Balaban J connectivity index is 1.98. The first kappa shape index (κ1) is 19.4. The molecule has 0 saturated carbocycles. The van der Waals surface area contributed by atoms with Gasteiger partial charge in [0.1, 0.15) is 0 Å². The topological polar surface area (TPSA) is 48.5 Å². The highest BCUT2D eigenvalue weighted by atomic mass is 16.2. The van der Waals surface area contributed by atoms with Gasteiger partial charge in [0.2, 0.25) is 5.91 Å². The highest BCUT2D eigenvalue weighted by Crippen LogP contribution is 2.36. The van der Waals surface area contributed by atoms with Gasteiger partial charge in [-0.2, -0.15) is 0 Å². The minimum absolute atomic E-state index is 0.00156. The van der Waals surface area contributed by atoms with Crippen LogP contribution in [0.4, 0.5) is 11.4 Å².